The Morgan fingerprint density at radius 1 is 1.07 bits per heavy atom. The van der Waals surface area contributed by atoms with Crippen LogP contribution < -0.4 is 15.2 Å². The van der Waals surface area contributed by atoms with E-state index in [1.807, 2.05) is 26.0 Å². The van der Waals surface area contributed by atoms with E-state index in [0.29, 0.717) is 43.9 Å². The van der Waals surface area contributed by atoms with Crippen molar-refractivity contribution in [3.05, 3.63) is 58.1 Å². The lowest BCUT2D eigenvalue weighted by molar-refractivity contribution is -0.123. The van der Waals surface area contributed by atoms with Gasteiger partial charge in [-0.3, -0.25) is 9.59 Å². The molecule has 0 aliphatic carbocycles. The minimum absolute atomic E-state index is 0.0515. The molecule has 0 spiro atoms. The molecule has 6 nitrogen and oxygen atoms in total. The van der Waals surface area contributed by atoms with Crippen LogP contribution in [0.1, 0.15) is 45.5 Å². The molecular weight excluding hydrogens is 380 g/mol. The summed E-state index contributed by atoms with van der Waals surface area (Å²) in [5, 5.41) is 0. The molecule has 2 N–H and O–H groups in total. The van der Waals surface area contributed by atoms with Crippen molar-refractivity contribution in [3.63, 3.8) is 0 Å². The molecule has 2 amide bonds. The Bertz CT molecular complexity index is 946. The molecule has 0 atom stereocenters. The SMILES string of the molecule is COc1ccc(C(=O)N2CCC(C(N)=O)CC2)cc1COc1cc(C)cc(C)c1C. The first-order valence-electron chi connectivity index (χ1n) is 10.3. The summed E-state index contributed by atoms with van der Waals surface area (Å²) in [4.78, 5) is 26.1. The minimum atomic E-state index is -0.285. The van der Waals surface area contributed by atoms with Crippen molar-refractivity contribution in [3.8, 4) is 11.5 Å². The highest BCUT2D eigenvalue weighted by atomic mass is 16.5. The molecule has 2 aromatic carbocycles. The van der Waals surface area contributed by atoms with Crippen molar-refractivity contribution >= 4 is 11.8 Å². The molecular formula is C24H30N2O4. The third-order valence-corrected chi connectivity index (χ3v) is 5.86. The highest BCUT2D eigenvalue weighted by molar-refractivity contribution is 5.94. The second kappa shape index (κ2) is 9.20. The van der Waals surface area contributed by atoms with Crippen molar-refractivity contribution < 1.29 is 19.1 Å². The molecule has 1 saturated heterocycles. The maximum absolute atomic E-state index is 13.0. The molecule has 1 aliphatic rings. The van der Waals surface area contributed by atoms with Gasteiger partial charge < -0.3 is 20.1 Å². The van der Waals surface area contributed by atoms with Crippen LogP contribution in [0, 0.1) is 26.7 Å². The largest absolute Gasteiger partial charge is 0.496 e. The van der Waals surface area contributed by atoms with Gasteiger partial charge in [-0.2, -0.15) is 0 Å². The maximum atomic E-state index is 13.0. The van der Waals surface area contributed by atoms with E-state index in [1.54, 1.807) is 24.1 Å². The van der Waals surface area contributed by atoms with Crippen LogP contribution in [0.2, 0.25) is 0 Å². The van der Waals surface area contributed by atoms with E-state index < -0.39 is 0 Å². The third kappa shape index (κ3) is 4.75. The number of nitrogens with two attached hydrogens (primary N) is 1. The number of rotatable bonds is 6. The van der Waals surface area contributed by atoms with Gasteiger partial charge in [0.1, 0.15) is 18.1 Å². The van der Waals surface area contributed by atoms with Gasteiger partial charge in [-0.1, -0.05) is 6.07 Å². The fourth-order valence-corrected chi connectivity index (χ4v) is 3.88. The van der Waals surface area contributed by atoms with E-state index in [2.05, 4.69) is 13.0 Å². The van der Waals surface area contributed by atoms with Crippen LogP contribution in [-0.4, -0.2) is 36.9 Å². The van der Waals surface area contributed by atoms with Gasteiger partial charge in [-0.15, -0.1) is 0 Å². The average molecular weight is 411 g/mol. The van der Waals surface area contributed by atoms with Crippen LogP contribution in [0.15, 0.2) is 30.3 Å². The summed E-state index contributed by atoms with van der Waals surface area (Å²) in [7, 11) is 1.61. The zero-order valence-electron chi connectivity index (χ0n) is 18.2. The smallest absolute Gasteiger partial charge is 0.253 e. The molecule has 0 bridgehead atoms. The van der Waals surface area contributed by atoms with Gasteiger partial charge in [0.15, 0.2) is 0 Å². The van der Waals surface area contributed by atoms with Gasteiger partial charge in [0.2, 0.25) is 5.91 Å². The molecule has 6 heteroatoms. The van der Waals surface area contributed by atoms with Crippen molar-refractivity contribution in [1.29, 1.82) is 0 Å². The normalized spacial score (nSPS) is 14.5. The molecule has 1 heterocycles. The third-order valence-electron chi connectivity index (χ3n) is 5.86. The Morgan fingerprint density at radius 2 is 1.77 bits per heavy atom. The highest BCUT2D eigenvalue weighted by Gasteiger charge is 2.26. The van der Waals surface area contributed by atoms with Gasteiger partial charge in [-0.05, 0) is 74.6 Å². The fourth-order valence-electron chi connectivity index (χ4n) is 3.88. The van der Waals surface area contributed by atoms with Crippen LogP contribution in [0.4, 0.5) is 0 Å². The number of primary amides is 1. The number of hydrogen-bond acceptors (Lipinski definition) is 4. The Kier molecular flexibility index (Phi) is 6.65. The second-order valence-corrected chi connectivity index (χ2v) is 7.99. The standard InChI is InChI=1S/C24H30N2O4/c1-15-11-16(2)17(3)22(12-15)30-14-20-13-19(5-6-21(20)29-4)24(28)26-9-7-18(8-10-26)23(25)27/h5-6,11-13,18H,7-10,14H2,1-4H3,(H2,25,27). The Hall–Kier alpha value is -3.02. The van der Waals surface area contributed by atoms with Crippen molar-refractivity contribution in [2.45, 2.75) is 40.2 Å². The van der Waals surface area contributed by atoms with Crippen LogP contribution >= 0.6 is 0 Å². The van der Waals surface area contributed by atoms with Crippen molar-refractivity contribution in [2.24, 2.45) is 11.7 Å². The van der Waals surface area contributed by atoms with Gasteiger partial charge in [-0.25, -0.2) is 0 Å². The van der Waals surface area contributed by atoms with Gasteiger partial charge in [0.05, 0.1) is 7.11 Å². The van der Waals surface area contributed by atoms with E-state index in [9.17, 15) is 9.59 Å². The molecule has 160 valence electrons. The summed E-state index contributed by atoms with van der Waals surface area (Å²) in [5.74, 6) is 1.03. The number of hydrogen-bond donors (Lipinski definition) is 1. The number of piperidine rings is 1. The number of carbonyl (C=O) groups is 2. The first-order chi connectivity index (χ1) is 14.3. The zero-order valence-corrected chi connectivity index (χ0v) is 18.2. The molecule has 3 rings (SSSR count). The first kappa shape index (κ1) is 21.7. The minimum Gasteiger partial charge on any atom is -0.496 e. The van der Waals surface area contributed by atoms with Crippen LogP contribution in [0.25, 0.3) is 0 Å². The fraction of sp³-hybridized carbons (Fsp3) is 0.417. The highest BCUT2D eigenvalue weighted by Crippen LogP contribution is 2.27. The number of likely N-dealkylation sites (tertiary alicyclic amines) is 1. The second-order valence-electron chi connectivity index (χ2n) is 7.99. The molecule has 30 heavy (non-hydrogen) atoms. The number of methoxy groups -OCH3 is 1. The number of amides is 2. The first-order valence-corrected chi connectivity index (χ1v) is 10.3. The van der Waals surface area contributed by atoms with E-state index in [-0.39, 0.29) is 17.7 Å². The average Bonchev–Trinajstić information content (AvgIpc) is 2.74. The van der Waals surface area contributed by atoms with E-state index in [1.165, 1.54) is 5.56 Å². The Labute approximate surface area is 178 Å². The molecule has 1 aliphatic heterocycles. The van der Waals surface area contributed by atoms with Gasteiger partial charge in [0, 0.05) is 30.1 Å². The summed E-state index contributed by atoms with van der Waals surface area (Å²) < 4.78 is 11.6. The molecule has 0 radical (unpaired) electrons. The van der Waals surface area contributed by atoms with E-state index in [4.69, 9.17) is 15.2 Å². The van der Waals surface area contributed by atoms with Crippen molar-refractivity contribution in [1.82, 2.24) is 4.90 Å². The van der Waals surface area contributed by atoms with Gasteiger partial charge in [0.25, 0.3) is 5.91 Å². The monoisotopic (exact) mass is 410 g/mol. The number of benzene rings is 2. The molecule has 0 unspecified atom stereocenters. The van der Waals surface area contributed by atoms with Crippen LogP contribution in [-0.2, 0) is 11.4 Å². The Balaban J connectivity index is 1.75. The number of carbonyl (C=O) groups excluding carboxylic acids is 2. The van der Waals surface area contributed by atoms with Crippen LogP contribution in [0.5, 0.6) is 11.5 Å². The predicted octanol–water partition coefficient (Wildman–Crippen LogP) is 3.54. The Morgan fingerprint density at radius 3 is 2.40 bits per heavy atom. The molecule has 1 fully saturated rings. The summed E-state index contributed by atoms with van der Waals surface area (Å²) in [6.07, 6.45) is 1.22. The molecule has 0 saturated carbocycles. The maximum Gasteiger partial charge on any atom is 0.253 e. The molecule has 2 aromatic rings. The number of aryl methyl sites for hydroxylation is 2. The number of ether oxygens (including phenoxy) is 2. The molecule has 0 aromatic heterocycles. The van der Waals surface area contributed by atoms with E-state index in [0.717, 1.165) is 22.4 Å². The summed E-state index contributed by atoms with van der Waals surface area (Å²) in [5.41, 5.74) is 10.2. The zero-order chi connectivity index (χ0) is 21.8. The lowest BCUT2D eigenvalue weighted by Gasteiger charge is -2.30. The van der Waals surface area contributed by atoms with Crippen LogP contribution in [0.3, 0.4) is 0 Å². The van der Waals surface area contributed by atoms with Crippen molar-refractivity contribution in [2.75, 3.05) is 20.2 Å². The summed E-state index contributed by atoms with van der Waals surface area (Å²) in [6, 6.07) is 9.55. The topological polar surface area (TPSA) is 81.9 Å². The summed E-state index contributed by atoms with van der Waals surface area (Å²) >= 11 is 0. The van der Waals surface area contributed by atoms with E-state index >= 15 is 0 Å². The summed E-state index contributed by atoms with van der Waals surface area (Å²) in [6.45, 7) is 7.52. The predicted molar refractivity (Wildman–Crippen MR) is 116 cm³/mol. The number of nitrogens with zero attached hydrogens (tertiary/aromatic N) is 1. The lowest BCUT2D eigenvalue weighted by atomic mass is 9.95. The van der Waals surface area contributed by atoms with Gasteiger partial charge >= 0.3 is 0 Å². The lowest BCUT2D eigenvalue weighted by Crippen LogP contribution is -2.41. The quantitative estimate of drug-likeness (QED) is 0.790.